The predicted octanol–water partition coefficient (Wildman–Crippen LogP) is 3.11. The van der Waals surface area contributed by atoms with E-state index >= 15 is 0 Å². The summed E-state index contributed by atoms with van der Waals surface area (Å²) in [6.07, 6.45) is 8.83. The Balaban J connectivity index is 4.34. The molecule has 0 heterocycles. The summed E-state index contributed by atoms with van der Waals surface area (Å²) in [5.41, 5.74) is 7.10. The van der Waals surface area contributed by atoms with Crippen LogP contribution in [0.3, 0.4) is 0 Å². The third kappa shape index (κ3) is 6.93. The van der Waals surface area contributed by atoms with E-state index in [1.807, 2.05) is 25.2 Å². The molecule has 0 spiro atoms. The molecule has 0 fully saturated rings. The van der Waals surface area contributed by atoms with E-state index < -0.39 is 0 Å². The Morgan fingerprint density at radius 3 is 2.44 bits per heavy atom. The van der Waals surface area contributed by atoms with Crippen LogP contribution in [0.1, 0.15) is 27.2 Å². The first kappa shape index (κ1) is 14.6. The number of hydrogen-bond acceptors (Lipinski definition) is 2. The van der Waals surface area contributed by atoms with Crippen LogP contribution >= 0.6 is 0 Å². The van der Waals surface area contributed by atoms with Crippen molar-refractivity contribution in [1.82, 2.24) is 5.32 Å². The molecule has 2 nitrogen and oxygen atoms in total. The highest BCUT2D eigenvalue weighted by molar-refractivity contribution is 5.14. The van der Waals surface area contributed by atoms with Crippen molar-refractivity contribution in [2.75, 3.05) is 0 Å². The summed E-state index contributed by atoms with van der Waals surface area (Å²) < 4.78 is 0. The Morgan fingerprint density at radius 2 is 2.00 bits per heavy atom. The average molecular weight is 220 g/mol. The van der Waals surface area contributed by atoms with Gasteiger partial charge in [0.1, 0.15) is 0 Å². The van der Waals surface area contributed by atoms with E-state index in [0.717, 1.165) is 12.1 Å². The summed E-state index contributed by atoms with van der Waals surface area (Å²) in [5.74, 6) is 0.484. The molecule has 0 amide bonds. The zero-order valence-corrected chi connectivity index (χ0v) is 10.7. The van der Waals surface area contributed by atoms with Crippen LogP contribution in [-0.2, 0) is 0 Å². The molecule has 0 aromatic carbocycles. The van der Waals surface area contributed by atoms with Crippen LogP contribution in [0, 0.1) is 5.92 Å². The largest absolute Gasteiger partial charge is 0.399 e. The van der Waals surface area contributed by atoms with Crippen LogP contribution in [0.2, 0.25) is 0 Å². The van der Waals surface area contributed by atoms with Crippen molar-refractivity contribution in [1.29, 1.82) is 0 Å². The van der Waals surface area contributed by atoms with Gasteiger partial charge in [0.05, 0.1) is 0 Å². The number of hydrogen-bond donors (Lipinski definition) is 2. The highest BCUT2D eigenvalue weighted by atomic mass is 14.9. The van der Waals surface area contributed by atoms with Gasteiger partial charge in [-0.3, -0.25) is 0 Å². The molecule has 0 saturated heterocycles. The van der Waals surface area contributed by atoms with Gasteiger partial charge in [0, 0.05) is 23.9 Å². The monoisotopic (exact) mass is 220 g/mol. The smallest absolute Gasteiger partial charge is 0.0468 e. The number of rotatable bonds is 7. The molecule has 0 aliphatic rings. The highest BCUT2D eigenvalue weighted by Gasteiger charge is 2.09. The normalized spacial score (nSPS) is 13.5. The minimum Gasteiger partial charge on any atom is -0.399 e. The van der Waals surface area contributed by atoms with Gasteiger partial charge in [0.2, 0.25) is 0 Å². The second-order valence-corrected chi connectivity index (χ2v) is 4.22. The van der Waals surface area contributed by atoms with E-state index in [-0.39, 0.29) is 6.04 Å². The lowest BCUT2D eigenvalue weighted by Gasteiger charge is -2.21. The molecule has 90 valence electrons. The Labute approximate surface area is 99.6 Å². The van der Waals surface area contributed by atoms with Crippen molar-refractivity contribution in [2.45, 2.75) is 33.2 Å². The van der Waals surface area contributed by atoms with Gasteiger partial charge < -0.3 is 11.1 Å². The van der Waals surface area contributed by atoms with Crippen molar-refractivity contribution < 1.29 is 0 Å². The molecular formula is C14H24N2. The van der Waals surface area contributed by atoms with Crippen LogP contribution in [0.5, 0.6) is 0 Å². The summed E-state index contributed by atoms with van der Waals surface area (Å²) >= 11 is 0. The summed E-state index contributed by atoms with van der Waals surface area (Å²) in [6.45, 7) is 14.0. The highest BCUT2D eigenvalue weighted by Crippen LogP contribution is 2.07. The lowest BCUT2D eigenvalue weighted by atomic mass is 10.0. The van der Waals surface area contributed by atoms with E-state index in [1.54, 1.807) is 0 Å². The van der Waals surface area contributed by atoms with E-state index in [1.165, 1.54) is 0 Å². The first-order chi connectivity index (χ1) is 7.47. The molecular weight excluding hydrogens is 196 g/mol. The van der Waals surface area contributed by atoms with Gasteiger partial charge in [0.15, 0.2) is 0 Å². The molecule has 1 unspecified atom stereocenters. The van der Waals surface area contributed by atoms with Crippen LogP contribution in [0.15, 0.2) is 48.9 Å². The third-order valence-electron chi connectivity index (χ3n) is 2.21. The Kier molecular flexibility index (Phi) is 7.10. The minimum absolute atomic E-state index is 0.248. The van der Waals surface area contributed by atoms with Gasteiger partial charge in [-0.15, -0.1) is 0 Å². The van der Waals surface area contributed by atoms with Crippen molar-refractivity contribution >= 4 is 0 Å². The van der Waals surface area contributed by atoms with Gasteiger partial charge in [0.25, 0.3) is 0 Å². The van der Waals surface area contributed by atoms with Gasteiger partial charge in [-0.05, 0) is 18.9 Å². The standard InChI is InChI=1S/C14H24N2/c1-6-7-8-13(5)16-14(11(2)3)10-9-12(4)15/h6-7,9-11,14,16H,4-5,8,15H2,1-3H3/b7-6+,10-9+. The lowest BCUT2D eigenvalue weighted by molar-refractivity contribution is 0.499. The zero-order chi connectivity index (χ0) is 12.6. The van der Waals surface area contributed by atoms with E-state index in [2.05, 4.69) is 38.4 Å². The Hall–Kier alpha value is -1.44. The molecule has 2 heteroatoms. The fourth-order valence-electron chi connectivity index (χ4n) is 1.22. The predicted molar refractivity (Wildman–Crippen MR) is 72.8 cm³/mol. The molecule has 1 atom stereocenters. The first-order valence-electron chi connectivity index (χ1n) is 5.65. The van der Waals surface area contributed by atoms with Crippen molar-refractivity contribution in [3.63, 3.8) is 0 Å². The van der Waals surface area contributed by atoms with Crippen LogP contribution < -0.4 is 11.1 Å². The third-order valence-corrected chi connectivity index (χ3v) is 2.21. The first-order valence-corrected chi connectivity index (χ1v) is 5.65. The van der Waals surface area contributed by atoms with Gasteiger partial charge >= 0.3 is 0 Å². The molecule has 0 rings (SSSR count). The van der Waals surface area contributed by atoms with Crippen molar-refractivity contribution in [3.8, 4) is 0 Å². The topological polar surface area (TPSA) is 38.0 Å². The average Bonchev–Trinajstić information content (AvgIpc) is 2.20. The maximum absolute atomic E-state index is 5.51. The molecule has 16 heavy (non-hydrogen) atoms. The quantitative estimate of drug-likeness (QED) is 0.511. The molecule has 3 N–H and O–H groups in total. The summed E-state index contributed by atoms with van der Waals surface area (Å²) in [4.78, 5) is 0. The van der Waals surface area contributed by atoms with E-state index in [9.17, 15) is 0 Å². The van der Waals surface area contributed by atoms with Gasteiger partial charge in [-0.25, -0.2) is 0 Å². The second kappa shape index (κ2) is 7.80. The minimum atomic E-state index is 0.248. The molecule has 0 bridgehead atoms. The molecule has 0 aliphatic heterocycles. The van der Waals surface area contributed by atoms with Crippen LogP contribution in [0.25, 0.3) is 0 Å². The maximum atomic E-state index is 5.51. The number of allylic oxidation sites excluding steroid dienone is 3. The fraction of sp³-hybridized carbons (Fsp3) is 0.429. The second-order valence-electron chi connectivity index (χ2n) is 4.22. The van der Waals surface area contributed by atoms with E-state index in [4.69, 9.17) is 5.73 Å². The molecule has 0 radical (unpaired) electrons. The van der Waals surface area contributed by atoms with Crippen molar-refractivity contribution in [3.05, 3.63) is 48.9 Å². The van der Waals surface area contributed by atoms with E-state index in [0.29, 0.717) is 11.6 Å². The molecule has 0 aromatic rings. The molecule has 0 saturated carbocycles. The summed E-state index contributed by atoms with van der Waals surface area (Å²) in [7, 11) is 0. The molecule has 0 aliphatic carbocycles. The Bertz CT molecular complexity index is 285. The lowest BCUT2D eigenvalue weighted by Crippen LogP contribution is -2.31. The number of nitrogens with one attached hydrogen (secondary N) is 1. The van der Waals surface area contributed by atoms with Crippen molar-refractivity contribution in [2.24, 2.45) is 11.7 Å². The van der Waals surface area contributed by atoms with Gasteiger partial charge in [-0.1, -0.05) is 45.2 Å². The SMILES string of the molecule is C=C(N)/C=C/C(NC(=C)C/C=C/C)C(C)C. The van der Waals surface area contributed by atoms with Gasteiger partial charge in [-0.2, -0.15) is 0 Å². The number of nitrogens with two attached hydrogens (primary N) is 1. The molecule has 0 aromatic heterocycles. The zero-order valence-electron chi connectivity index (χ0n) is 10.7. The van der Waals surface area contributed by atoms with Crippen LogP contribution in [0.4, 0.5) is 0 Å². The summed E-state index contributed by atoms with van der Waals surface area (Å²) in [6, 6.07) is 0.248. The van der Waals surface area contributed by atoms with Crippen LogP contribution in [-0.4, -0.2) is 6.04 Å². The fourth-order valence-corrected chi connectivity index (χ4v) is 1.22. The Morgan fingerprint density at radius 1 is 1.38 bits per heavy atom. The maximum Gasteiger partial charge on any atom is 0.0468 e. The summed E-state index contributed by atoms with van der Waals surface area (Å²) in [5, 5.41) is 3.38.